The van der Waals surface area contributed by atoms with E-state index in [2.05, 4.69) is 42.0 Å². The molecular formula is C18H24N4O3. The molecule has 1 aromatic carbocycles. The molecule has 7 nitrogen and oxygen atoms in total. The van der Waals surface area contributed by atoms with Crippen LogP contribution in [0, 0.1) is 24.0 Å². The first-order chi connectivity index (χ1) is 11.9. The van der Waals surface area contributed by atoms with Crippen LogP contribution in [-0.4, -0.2) is 43.9 Å². The highest BCUT2D eigenvalue weighted by Crippen LogP contribution is 2.32. The van der Waals surface area contributed by atoms with Gasteiger partial charge in [0.1, 0.15) is 12.4 Å². The fourth-order valence-electron chi connectivity index (χ4n) is 3.49. The van der Waals surface area contributed by atoms with Crippen LogP contribution in [0.25, 0.3) is 0 Å². The van der Waals surface area contributed by atoms with Crippen molar-refractivity contribution in [3.63, 3.8) is 0 Å². The second-order valence-electron chi connectivity index (χ2n) is 6.83. The molecule has 2 aromatic rings. The van der Waals surface area contributed by atoms with Crippen LogP contribution < -0.4 is 0 Å². The van der Waals surface area contributed by atoms with Gasteiger partial charge in [-0.2, -0.15) is 5.10 Å². The monoisotopic (exact) mass is 344 g/mol. The number of aliphatic hydroxyl groups excluding tert-OH is 1. The van der Waals surface area contributed by atoms with E-state index in [0.29, 0.717) is 12.6 Å². The molecule has 0 spiro atoms. The van der Waals surface area contributed by atoms with Crippen LogP contribution >= 0.6 is 0 Å². The number of hydrogen-bond donors (Lipinski definition) is 1. The van der Waals surface area contributed by atoms with E-state index in [1.807, 2.05) is 0 Å². The van der Waals surface area contributed by atoms with Crippen molar-refractivity contribution in [3.05, 3.63) is 57.4 Å². The summed E-state index contributed by atoms with van der Waals surface area (Å²) in [5, 5.41) is 25.1. The number of β-amino-alcohol motifs (C(OH)–C–C–N with tert-alkyl or cyclic N) is 1. The Morgan fingerprint density at radius 2 is 2.16 bits per heavy atom. The Hall–Kier alpha value is -2.25. The minimum atomic E-state index is -0.619. The first-order valence-corrected chi connectivity index (χ1v) is 8.60. The first kappa shape index (κ1) is 17.6. The molecule has 3 rings (SSSR count). The topological polar surface area (TPSA) is 84.4 Å². The number of benzene rings is 1. The van der Waals surface area contributed by atoms with Gasteiger partial charge in [0.15, 0.2) is 0 Å². The van der Waals surface area contributed by atoms with Crippen molar-refractivity contribution in [2.75, 3.05) is 13.1 Å². The highest BCUT2D eigenvalue weighted by Gasteiger charge is 2.28. The Labute approximate surface area is 147 Å². The zero-order chi connectivity index (χ0) is 18.0. The summed E-state index contributed by atoms with van der Waals surface area (Å²) in [5.74, 6) is 0. The number of rotatable bonds is 6. The number of nitrogens with zero attached hydrogens (tertiary/aromatic N) is 4. The number of likely N-dealkylation sites (tertiary alicyclic amines) is 1. The Morgan fingerprint density at radius 3 is 2.84 bits per heavy atom. The molecular weight excluding hydrogens is 320 g/mol. The standard InChI is InChI=1S/C18H24N4O3/c1-13-5-6-15(8-14(13)2)18-4-3-7-20(18)11-17(23)12-21-10-16(9-19-21)22(24)25/h5-6,8-10,17-18,23H,3-4,7,11-12H2,1-2H3/t17-,18+/m1/s1. The molecule has 0 unspecified atom stereocenters. The lowest BCUT2D eigenvalue weighted by molar-refractivity contribution is -0.385. The van der Waals surface area contributed by atoms with E-state index in [1.165, 1.54) is 33.8 Å². The number of aryl methyl sites for hydroxylation is 2. The van der Waals surface area contributed by atoms with E-state index in [0.717, 1.165) is 19.4 Å². The summed E-state index contributed by atoms with van der Waals surface area (Å²) in [4.78, 5) is 12.5. The largest absolute Gasteiger partial charge is 0.390 e. The Bertz CT molecular complexity index is 759. The van der Waals surface area contributed by atoms with Crippen molar-refractivity contribution >= 4 is 5.69 Å². The van der Waals surface area contributed by atoms with Crippen LogP contribution in [0.1, 0.15) is 35.6 Å². The lowest BCUT2D eigenvalue weighted by atomic mass is 9.99. The summed E-state index contributed by atoms with van der Waals surface area (Å²) in [7, 11) is 0. The van der Waals surface area contributed by atoms with Crippen molar-refractivity contribution in [1.82, 2.24) is 14.7 Å². The van der Waals surface area contributed by atoms with Crippen LogP contribution in [0.15, 0.2) is 30.6 Å². The summed E-state index contributed by atoms with van der Waals surface area (Å²) in [5.41, 5.74) is 3.81. The van der Waals surface area contributed by atoms with E-state index in [1.54, 1.807) is 0 Å². The zero-order valence-corrected chi connectivity index (χ0v) is 14.6. The van der Waals surface area contributed by atoms with Crippen LogP contribution in [-0.2, 0) is 6.54 Å². The molecule has 0 bridgehead atoms. The van der Waals surface area contributed by atoms with E-state index < -0.39 is 11.0 Å². The van der Waals surface area contributed by atoms with Gasteiger partial charge >= 0.3 is 5.69 Å². The van der Waals surface area contributed by atoms with Crippen molar-refractivity contribution in [1.29, 1.82) is 0 Å². The van der Waals surface area contributed by atoms with Crippen molar-refractivity contribution in [2.24, 2.45) is 0 Å². The molecule has 25 heavy (non-hydrogen) atoms. The predicted octanol–water partition coefficient (Wildman–Crippen LogP) is 2.61. The maximum Gasteiger partial charge on any atom is 0.306 e. The smallest absolute Gasteiger partial charge is 0.306 e. The van der Waals surface area contributed by atoms with Gasteiger partial charge in [-0.3, -0.25) is 19.7 Å². The van der Waals surface area contributed by atoms with Crippen molar-refractivity contribution in [3.8, 4) is 0 Å². The molecule has 1 N–H and O–H groups in total. The molecule has 0 radical (unpaired) electrons. The van der Waals surface area contributed by atoms with Crippen LogP contribution in [0.2, 0.25) is 0 Å². The van der Waals surface area contributed by atoms with Crippen molar-refractivity contribution < 1.29 is 10.0 Å². The molecule has 1 aliphatic rings. The second-order valence-corrected chi connectivity index (χ2v) is 6.83. The highest BCUT2D eigenvalue weighted by molar-refractivity contribution is 5.32. The van der Waals surface area contributed by atoms with Gasteiger partial charge in [0, 0.05) is 12.6 Å². The molecule has 1 saturated heterocycles. The number of aromatic nitrogens is 2. The third kappa shape index (κ3) is 4.05. The van der Waals surface area contributed by atoms with Gasteiger partial charge in [-0.15, -0.1) is 0 Å². The molecule has 1 fully saturated rings. The van der Waals surface area contributed by atoms with E-state index in [-0.39, 0.29) is 12.2 Å². The quantitative estimate of drug-likeness (QED) is 0.643. The first-order valence-electron chi connectivity index (χ1n) is 8.60. The van der Waals surface area contributed by atoms with Crippen LogP contribution in [0.5, 0.6) is 0 Å². The zero-order valence-electron chi connectivity index (χ0n) is 14.6. The highest BCUT2D eigenvalue weighted by atomic mass is 16.6. The molecule has 1 aromatic heterocycles. The third-order valence-electron chi connectivity index (χ3n) is 4.95. The lowest BCUT2D eigenvalue weighted by Crippen LogP contribution is -2.34. The molecule has 2 atom stereocenters. The van der Waals surface area contributed by atoms with E-state index in [9.17, 15) is 15.2 Å². The van der Waals surface area contributed by atoms with Crippen molar-refractivity contribution in [2.45, 2.75) is 45.4 Å². The predicted molar refractivity (Wildman–Crippen MR) is 94.4 cm³/mol. The van der Waals surface area contributed by atoms with Gasteiger partial charge in [0.05, 0.1) is 17.6 Å². The van der Waals surface area contributed by atoms with Gasteiger partial charge in [-0.05, 0) is 49.9 Å². The van der Waals surface area contributed by atoms with E-state index in [4.69, 9.17) is 0 Å². The summed E-state index contributed by atoms with van der Waals surface area (Å²) in [6.07, 6.45) is 4.14. The maximum atomic E-state index is 10.7. The average molecular weight is 344 g/mol. The van der Waals surface area contributed by atoms with Gasteiger partial charge in [0.2, 0.25) is 0 Å². The molecule has 134 valence electrons. The second kappa shape index (κ2) is 7.33. The summed E-state index contributed by atoms with van der Waals surface area (Å²) in [6.45, 7) is 5.97. The normalized spacial score (nSPS) is 19.2. The SMILES string of the molecule is Cc1ccc([C@@H]2CCCN2C[C@@H](O)Cn2cc([N+](=O)[O-])cn2)cc1C. The van der Waals surface area contributed by atoms with Gasteiger partial charge < -0.3 is 5.11 Å². The van der Waals surface area contributed by atoms with Crippen LogP contribution in [0.3, 0.4) is 0 Å². The summed E-state index contributed by atoms with van der Waals surface area (Å²) in [6, 6.07) is 6.89. The van der Waals surface area contributed by atoms with E-state index >= 15 is 0 Å². The summed E-state index contributed by atoms with van der Waals surface area (Å²) >= 11 is 0. The number of nitro groups is 1. The van der Waals surface area contributed by atoms with Gasteiger partial charge in [-0.1, -0.05) is 18.2 Å². The minimum absolute atomic E-state index is 0.0543. The molecule has 2 heterocycles. The Balaban J connectivity index is 1.64. The Kier molecular flexibility index (Phi) is 5.15. The summed E-state index contributed by atoms with van der Waals surface area (Å²) < 4.78 is 1.43. The molecule has 0 aliphatic carbocycles. The van der Waals surface area contributed by atoms with Crippen LogP contribution in [0.4, 0.5) is 5.69 Å². The fourth-order valence-corrected chi connectivity index (χ4v) is 3.49. The molecule has 0 saturated carbocycles. The van der Waals surface area contributed by atoms with Gasteiger partial charge in [-0.25, -0.2) is 0 Å². The maximum absolute atomic E-state index is 10.7. The molecule has 7 heteroatoms. The number of hydrogen-bond acceptors (Lipinski definition) is 5. The average Bonchev–Trinajstić information content (AvgIpc) is 3.19. The lowest BCUT2D eigenvalue weighted by Gasteiger charge is -2.27. The fraction of sp³-hybridized carbons (Fsp3) is 0.500. The number of aliphatic hydroxyl groups is 1. The third-order valence-corrected chi connectivity index (χ3v) is 4.95. The minimum Gasteiger partial charge on any atom is -0.390 e. The Morgan fingerprint density at radius 1 is 1.36 bits per heavy atom. The molecule has 1 aliphatic heterocycles. The molecule has 0 amide bonds. The van der Waals surface area contributed by atoms with Gasteiger partial charge in [0.25, 0.3) is 0 Å².